The molecule has 0 aliphatic rings. The van der Waals surface area contributed by atoms with E-state index in [1.54, 1.807) is 0 Å². The van der Waals surface area contributed by atoms with Gasteiger partial charge >= 0.3 is 0 Å². The predicted molar refractivity (Wildman–Crippen MR) is 79.5 cm³/mol. The second-order valence-electron chi connectivity index (χ2n) is 4.52. The van der Waals surface area contributed by atoms with Gasteiger partial charge in [-0.1, -0.05) is 29.8 Å². The molecule has 0 radical (unpaired) electrons. The highest BCUT2D eigenvalue weighted by Crippen LogP contribution is 2.30. The van der Waals surface area contributed by atoms with Crippen molar-refractivity contribution in [1.29, 1.82) is 0 Å². The van der Waals surface area contributed by atoms with Gasteiger partial charge in [-0.05, 0) is 19.9 Å². The van der Waals surface area contributed by atoms with Gasteiger partial charge in [0.1, 0.15) is 5.01 Å². The molecule has 3 nitrogen and oxygen atoms in total. The van der Waals surface area contributed by atoms with Crippen molar-refractivity contribution in [3.8, 4) is 10.6 Å². The summed E-state index contributed by atoms with van der Waals surface area (Å²) in [6, 6.07) is 7.72. The van der Waals surface area contributed by atoms with E-state index in [4.69, 9.17) is 11.6 Å². The Morgan fingerprint density at radius 2 is 2.16 bits per heavy atom. The normalized spacial score (nSPS) is 10.7. The van der Waals surface area contributed by atoms with Crippen LogP contribution in [0.15, 0.2) is 29.6 Å². The van der Waals surface area contributed by atoms with E-state index in [-0.39, 0.29) is 11.9 Å². The fraction of sp³-hybridized carbons (Fsp3) is 0.286. The molecule has 1 aromatic heterocycles. The number of benzene rings is 1. The smallest absolute Gasteiger partial charge is 0.226 e. The highest BCUT2D eigenvalue weighted by molar-refractivity contribution is 7.13. The SMILES string of the molecule is CC(C)NC(=O)Cc1csc(-c2ccccc2Cl)n1. The third-order valence-corrected chi connectivity index (χ3v) is 3.70. The van der Waals surface area contributed by atoms with E-state index in [0.717, 1.165) is 16.3 Å². The number of rotatable bonds is 4. The van der Waals surface area contributed by atoms with E-state index >= 15 is 0 Å². The number of halogens is 1. The minimum atomic E-state index is -0.00833. The summed E-state index contributed by atoms with van der Waals surface area (Å²) < 4.78 is 0. The minimum Gasteiger partial charge on any atom is -0.354 e. The molecule has 0 saturated carbocycles. The number of nitrogens with zero attached hydrogens (tertiary/aromatic N) is 1. The third kappa shape index (κ3) is 3.78. The lowest BCUT2D eigenvalue weighted by atomic mass is 10.2. The summed E-state index contributed by atoms with van der Waals surface area (Å²) >= 11 is 7.63. The van der Waals surface area contributed by atoms with Gasteiger partial charge < -0.3 is 5.32 Å². The first-order valence-electron chi connectivity index (χ1n) is 6.05. The predicted octanol–water partition coefficient (Wildman–Crippen LogP) is 3.53. The fourth-order valence-corrected chi connectivity index (χ4v) is 2.82. The average molecular weight is 295 g/mol. The first-order valence-corrected chi connectivity index (χ1v) is 7.30. The van der Waals surface area contributed by atoms with E-state index in [1.807, 2.05) is 43.5 Å². The molecule has 1 heterocycles. The van der Waals surface area contributed by atoms with E-state index in [2.05, 4.69) is 10.3 Å². The number of amides is 1. The molecule has 2 aromatic rings. The van der Waals surface area contributed by atoms with Crippen LogP contribution < -0.4 is 5.32 Å². The first-order chi connectivity index (χ1) is 9.06. The molecule has 0 aliphatic heterocycles. The summed E-state index contributed by atoms with van der Waals surface area (Å²) in [4.78, 5) is 16.1. The molecule has 0 bridgehead atoms. The van der Waals surface area contributed by atoms with Crippen LogP contribution in [-0.2, 0) is 11.2 Å². The molecule has 0 spiro atoms. The summed E-state index contributed by atoms with van der Waals surface area (Å²) in [5.41, 5.74) is 1.68. The monoisotopic (exact) mass is 294 g/mol. The summed E-state index contributed by atoms with van der Waals surface area (Å²) in [5, 5.41) is 6.27. The Kier molecular flexibility index (Phi) is 4.56. The van der Waals surface area contributed by atoms with Crippen molar-refractivity contribution in [2.24, 2.45) is 0 Å². The van der Waals surface area contributed by atoms with Gasteiger partial charge in [0.25, 0.3) is 0 Å². The highest BCUT2D eigenvalue weighted by atomic mass is 35.5. The second-order valence-corrected chi connectivity index (χ2v) is 5.79. The topological polar surface area (TPSA) is 42.0 Å². The quantitative estimate of drug-likeness (QED) is 0.937. The molecule has 0 unspecified atom stereocenters. The maximum atomic E-state index is 11.7. The lowest BCUT2D eigenvalue weighted by Gasteiger charge is -2.06. The van der Waals surface area contributed by atoms with Gasteiger partial charge in [-0.25, -0.2) is 4.98 Å². The maximum Gasteiger partial charge on any atom is 0.226 e. The van der Waals surface area contributed by atoms with Crippen molar-refractivity contribution in [2.75, 3.05) is 0 Å². The number of nitrogens with one attached hydrogen (secondary N) is 1. The summed E-state index contributed by atoms with van der Waals surface area (Å²) in [5.74, 6) is -0.00833. The van der Waals surface area contributed by atoms with E-state index in [9.17, 15) is 4.79 Å². The number of carbonyl (C=O) groups excluding carboxylic acids is 1. The van der Waals surface area contributed by atoms with Crippen molar-refractivity contribution < 1.29 is 4.79 Å². The molecule has 1 N–H and O–H groups in total. The van der Waals surface area contributed by atoms with Crippen LogP contribution in [-0.4, -0.2) is 16.9 Å². The minimum absolute atomic E-state index is 0.00833. The Bertz CT molecular complexity index is 580. The lowest BCUT2D eigenvalue weighted by Crippen LogP contribution is -2.31. The summed E-state index contributed by atoms with van der Waals surface area (Å²) in [6.45, 7) is 3.88. The van der Waals surface area contributed by atoms with Crippen molar-refractivity contribution in [3.63, 3.8) is 0 Å². The van der Waals surface area contributed by atoms with Crippen LogP contribution in [0.1, 0.15) is 19.5 Å². The standard InChI is InChI=1S/C14H15ClN2OS/c1-9(2)16-13(18)7-10-8-19-14(17-10)11-5-3-4-6-12(11)15/h3-6,8-9H,7H2,1-2H3,(H,16,18). The Hall–Kier alpha value is -1.39. The van der Waals surface area contributed by atoms with Crippen molar-refractivity contribution >= 4 is 28.8 Å². The summed E-state index contributed by atoms with van der Waals surface area (Å²) in [6.07, 6.45) is 0.305. The molecule has 5 heteroatoms. The van der Waals surface area contributed by atoms with Gasteiger partial charge in [0.15, 0.2) is 0 Å². The second kappa shape index (κ2) is 6.17. The zero-order valence-electron chi connectivity index (χ0n) is 10.8. The van der Waals surface area contributed by atoms with Crippen molar-refractivity contribution in [2.45, 2.75) is 26.3 Å². The number of hydrogen-bond donors (Lipinski definition) is 1. The molecule has 0 saturated heterocycles. The highest BCUT2D eigenvalue weighted by Gasteiger charge is 2.11. The number of thiazole rings is 1. The zero-order chi connectivity index (χ0) is 13.8. The van der Waals surface area contributed by atoms with Crippen LogP contribution in [0, 0.1) is 0 Å². The Morgan fingerprint density at radius 1 is 1.42 bits per heavy atom. The Balaban J connectivity index is 2.12. The molecule has 1 amide bonds. The Morgan fingerprint density at radius 3 is 2.84 bits per heavy atom. The largest absolute Gasteiger partial charge is 0.354 e. The number of hydrogen-bond acceptors (Lipinski definition) is 3. The molecule has 0 atom stereocenters. The van der Waals surface area contributed by atoms with Gasteiger partial charge in [0.05, 0.1) is 17.1 Å². The van der Waals surface area contributed by atoms with E-state index in [1.165, 1.54) is 11.3 Å². The van der Waals surface area contributed by atoms with E-state index < -0.39 is 0 Å². The van der Waals surface area contributed by atoms with Crippen LogP contribution in [0.5, 0.6) is 0 Å². The van der Waals surface area contributed by atoms with Gasteiger partial charge in [-0.3, -0.25) is 4.79 Å². The van der Waals surface area contributed by atoms with Crippen LogP contribution in [0.4, 0.5) is 0 Å². The molecule has 0 aliphatic carbocycles. The van der Waals surface area contributed by atoms with Crippen LogP contribution >= 0.6 is 22.9 Å². The van der Waals surface area contributed by atoms with Gasteiger partial charge in [0, 0.05) is 17.0 Å². The molecular formula is C14H15ClN2OS. The Labute approximate surface area is 121 Å². The molecule has 100 valence electrons. The molecule has 2 rings (SSSR count). The van der Waals surface area contributed by atoms with Gasteiger partial charge in [-0.15, -0.1) is 11.3 Å². The zero-order valence-corrected chi connectivity index (χ0v) is 12.4. The fourth-order valence-electron chi connectivity index (χ4n) is 1.68. The van der Waals surface area contributed by atoms with Crippen molar-refractivity contribution in [3.05, 3.63) is 40.4 Å². The van der Waals surface area contributed by atoms with E-state index in [0.29, 0.717) is 11.4 Å². The summed E-state index contributed by atoms with van der Waals surface area (Å²) in [7, 11) is 0. The van der Waals surface area contributed by atoms with Crippen LogP contribution in [0.3, 0.4) is 0 Å². The average Bonchev–Trinajstić information content (AvgIpc) is 2.76. The van der Waals surface area contributed by atoms with Crippen LogP contribution in [0.2, 0.25) is 5.02 Å². The number of carbonyl (C=O) groups is 1. The number of aromatic nitrogens is 1. The molecule has 19 heavy (non-hydrogen) atoms. The first kappa shape index (κ1) is 14.0. The lowest BCUT2D eigenvalue weighted by molar-refractivity contribution is -0.120. The van der Waals surface area contributed by atoms with Gasteiger partial charge in [-0.2, -0.15) is 0 Å². The van der Waals surface area contributed by atoms with Crippen LogP contribution in [0.25, 0.3) is 10.6 Å². The maximum absolute atomic E-state index is 11.7. The molecule has 0 fully saturated rings. The molecular weight excluding hydrogens is 280 g/mol. The third-order valence-electron chi connectivity index (χ3n) is 2.45. The van der Waals surface area contributed by atoms with Gasteiger partial charge in [0.2, 0.25) is 5.91 Å². The molecule has 1 aromatic carbocycles. The van der Waals surface area contributed by atoms with Crippen molar-refractivity contribution in [1.82, 2.24) is 10.3 Å².